The zero-order chi connectivity index (χ0) is 14.0. The molecule has 0 aliphatic carbocycles. The van der Waals surface area contributed by atoms with E-state index >= 15 is 0 Å². The fraction of sp³-hybridized carbons (Fsp3) is 0.538. The lowest BCUT2D eigenvalue weighted by Gasteiger charge is -2.28. The topological polar surface area (TPSA) is 49.4 Å². The lowest BCUT2D eigenvalue weighted by atomic mass is 10.1. The van der Waals surface area contributed by atoms with Crippen LogP contribution in [0.4, 0.5) is 5.69 Å². The van der Waals surface area contributed by atoms with Crippen molar-refractivity contribution in [3.8, 4) is 0 Å². The van der Waals surface area contributed by atoms with Crippen LogP contribution in [-0.4, -0.2) is 40.1 Å². The van der Waals surface area contributed by atoms with Gasteiger partial charge in [-0.05, 0) is 31.2 Å². The molecule has 6 heteroatoms. The van der Waals surface area contributed by atoms with E-state index in [1.54, 1.807) is 0 Å². The van der Waals surface area contributed by atoms with Gasteiger partial charge >= 0.3 is 0 Å². The van der Waals surface area contributed by atoms with Crippen LogP contribution in [0.2, 0.25) is 5.02 Å². The van der Waals surface area contributed by atoms with E-state index < -0.39 is 9.84 Å². The highest BCUT2D eigenvalue weighted by molar-refractivity contribution is 7.91. The number of hydrogen-bond acceptors (Lipinski definition) is 4. The van der Waals surface area contributed by atoms with E-state index in [1.807, 2.05) is 37.2 Å². The van der Waals surface area contributed by atoms with Gasteiger partial charge in [0.1, 0.15) is 0 Å². The normalized spacial score (nSPS) is 21.5. The van der Waals surface area contributed by atoms with Crippen molar-refractivity contribution < 1.29 is 8.42 Å². The van der Waals surface area contributed by atoms with Crippen molar-refractivity contribution in [3.63, 3.8) is 0 Å². The number of nitrogens with one attached hydrogen (secondary N) is 1. The SMILES string of the molecule is CNCc1ccc(Cl)cc1N(C)C1CCS(=O)(=O)C1. The molecule has 106 valence electrons. The maximum Gasteiger partial charge on any atom is 0.152 e. The Morgan fingerprint density at radius 2 is 2.21 bits per heavy atom. The van der Waals surface area contributed by atoms with Crippen LogP contribution in [0.5, 0.6) is 0 Å². The van der Waals surface area contributed by atoms with Crippen molar-refractivity contribution in [1.82, 2.24) is 5.32 Å². The third kappa shape index (κ3) is 3.41. The van der Waals surface area contributed by atoms with E-state index in [-0.39, 0.29) is 17.5 Å². The van der Waals surface area contributed by atoms with Crippen LogP contribution in [0.25, 0.3) is 0 Å². The van der Waals surface area contributed by atoms with Gasteiger partial charge in [0.2, 0.25) is 0 Å². The van der Waals surface area contributed by atoms with Gasteiger partial charge in [-0.1, -0.05) is 17.7 Å². The van der Waals surface area contributed by atoms with Gasteiger partial charge in [0.25, 0.3) is 0 Å². The number of sulfone groups is 1. The summed E-state index contributed by atoms with van der Waals surface area (Å²) in [4.78, 5) is 2.04. The zero-order valence-corrected chi connectivity index (χ0v) is 12.8. The lowest BCUT2D eigenvalue weighted by Crippen LogP contribution is -2.33. The van der Waals surface area contributed by atoms with Crippen molar-refractivity contribution in [2.24, 2.45) is 0 Å². The molecule has 1 N–H and O–H groups in total. The molecule has 0 spiro atoms. The Balaban J connectivity index is 2.27. The smallest absolute Gasteiger partial charge is 0.152 e. The third-order valence-corrected chi connectivity index (χ3v) is 5.54. The van der Waals surface area contributed by atoms with Crippen molar-refractivity contribution >= 4 is 27.1 Å². The minimum atomic E-state index is -2.87. The predicted octanol–water partition coefficient (Wildman–Crippen LogP) is 1.68. The van der Waals surface area contributed by atoms with Crippen molar-refractivity contribution in [1.29, 1.82) is 0 Å². The first-order valence-electron chi connectivity index (χ1n) is 6.29. The summed E-state index contributed by atoms with van der Waals surface area (Å²) < 4.78 is 23.2. The van der Waals surface area contributed by atoms with Crippen LogP contribution >= 0.6 is 11.6 Å². The molecule has 1 aromatic carbocycles. The molecule has 1 aliphatic heterocycles. The molecule has 19 heavy (non-hydrogen) atoms. The summed E-state index contributed by atoms with van der Waals surface area (Å²) in [6.45, 7) is 0.732. The summed E-state index contributed by atoms with van der Waals surface area (Å²) in [5, 5.41) is 3.79. The molecular weight excluding hydrogens is 284 g/mol. The molecule has 0 aromatic heterocycles. The zero-order valence-electron chi connectivity index (χ0n) is 11.2. The van der Waals surface area contributed by atoms with Crippen LogP contribution in [0.1, 0.15) is 12.0 Å². The molecule has 4 nitrogen and oxygen atoms in total. The average molecular weight is 303 g/mol. The molecule has 0 bridgehead atoms. The van der Waals surface area contributed by atoms with E-state index in [4.69, 9.17) is 11.6 Å². The van der Waals surface area contributed by atoms with E-state index in [9.17, 15) is 8.42 Å². The molecule has 1 aromatic rings. The summed E-state index contributed by atoms with van der Waals surface area (Å²) in [6.07, 6.45) is 0.685. The highest BCUT2D eigenvalue weighted by Gasteiger charge is 2.31. The van der Waals surface area contributed by atoms with Gasteiger partial charge in [-0.3, -0.25) is 0 Å². The van der Waals surface area contributed by atoms with Crippen LogP contribution in [-0.2, 0) is 16.4 Å². The molecule has 1 saturated heterocycles. The van der Waals surface area contributed by atoms with Gasteiger partial charge in [-0.25, -0.2) is 8.42 Å². The molecule has 1 fully saturated rings. The standard InChI is InChI=1S/C13H19ClN2O2S/c1-15-8-10-3-4-11(14)7-13(10)16(2)12-5-6-19(17,18)9-12/h3-4,7,12,15H,5-6,8-9H2,1-2H3. The maximum absolute atomic E-state index is 11.6. The fourth-order valence-electron chi connectivity index (χ4n) is 2.48. The Hall–Kier alpha value is -0.780. The highest BCUT2D eigenvalue weighted by atomic mass is 35.5. The molecule has 1 aliphatic rings. The van der Waals surface area contributed by atoms with Gasteiger partial charge in [0.15, 0.2) is 9.84 Å². The Bertz CT molecular complexity index is 560. The monoisotopic (exact) mass is 302 g/mol. The summed E-state index contributed by atoms with van der Waals surface area (Å²) in [7, 11) is 0.954. The third-order valence-electron chi connectivity index (χ3n) is 3.55. The fourth-order valence-corrected chi connectivity index (χ4v) is 4.42. The molecule has 0 saturated carbocycles. The van der Waals surface area contributed by atoms with Crippen molar-refractivity contribution in [3.05, 3.63) is 28.8 Å². The Kier molecular flexibility index (Phi) is 4.38. The predicted molar refractivity (Wildman–Crippen MR) is 79.7 cm³/mol. The summed E-state index contributed by atoms with van der Waals surface area (Å²) in [5.41, 5.74) is 2.13. The Labute approximate surface area is 119 Å². The van der Waals surface area contributed by atoms with Gasteiger partial charge in [0, 0.05) is 30.3 Å². The Morgan fingerprint density at radius 3 is 2.79 bits per heavy atom. The quantitative estimate of drug-likeness (QED) is 0.919. The van der Waals surface area contributed by atoms with E-state index in [0.717, 1.165) is 17.8 Å². The number of hydrogen-bond donors (Lipinski definition) is 1. The van der Waals surface area contributed by atoms with Gasteiger partial charge in [0.05, 0.1) is 11.5 Å². The molecule has 0 amide bonds. The first-order chi connectivity index (χ1) is 8.93. The molecule has 1 heterocycles. The van der Waals surface area contributed by atoms with Crippen molar-refractivity contribution in [2.45, 2.75) is 19.0 Å². The average Bonchev–Trinajstić information content (AvgIpc) is 2.71. The number of rotatable bonds is 4. The number of benzene rings is 1. The Morgan fingerprint density at radius 1 is 1.47 bits per heavy atom. The molecule has 1 atom stereocenters. The lowest BCUT2D eigenvalue weighted by molar-refractivity contribution is 0.600. The van der Waals surface area contributed by atoms with Crippen LogP contribution in [0.15, 0.2) is 18.2 Å². The van der Waals surface area contributed by atoms with Gasteiger partial charge < -0.3 is 10.2 Å². The number of anilines is 1. The van der Waals surface area contributed by atoms with Crippen LogP contribution in [0, 0.1) is 0 Å². The van der Waals surface area contributed by atoms with Gasteiger partial charge in [-0.2, -0.15) is 0 Å². The van der Waals surface area contributed by atoms with E-state index in [0.29, 0.717) is 11.4 Å². The molecule has 0 radical (unpaired) electrons. The summed E-state index contributed by atoms with van der Waals surface area (Å²) in [5.74, 6) is 0.513. The second-order valence-electron chi connectivity index (χ2n) is 4.97. The molecular formula is C13H19ClN2O2S. The molecule has 2 rings (SSSR count). The number of nitrogens with zero attached hydrogens (tertiary/aromatic N) is 1. The second kappa shape index (κ2) is 5.69. The van der Waals surface area contributed by atoms with Crippen molar-refractivity contribution in [2.75, 3.05) is 30.5 Å². The van der Waals surface area contributed by atoms with Gasteiger partial charge in [-0.15, -0.1) is 0 Å². The van der Waals surface area contributed by atoms with Crippen LogP contribution in [0.3, 0.4) is 0 Å². The largest absolute Gasteiger partial charge is 0.370 e. The highest BCUT2D eigenvalue weighted by Crippen LogP contribution is 2.28. The van der Waals surface area contributed by atoms with E-state index in [1.165, 1.54) is 0 Å². The minimum absolute atomic E-state index is 0.0408. The maximum atomic E-state index is 11.6. The minimum Gasteiger partial charge on any atom is -0.370 e. The second-order valence-corrected chi connectivity index (χ2v) is 7.64. The summed E-state index contributed by atoms with van der Waals surface area (Å²) >= 11 is 6.06. The summed E-state index contributed by atoms with van der Waals surface area (Å²) in [6, 6.07) is 5.78. The first-order valence-corrected chi connectivity index (χ1v) is 8.49. The van der Waals surface area contributed by atoms with E-state index in [2.05, 4.69) is 5.32 Å². The molecule has 1 unspecified atom stereocenters. The van der Waals surface area contributed by atoms with Crippen LogP contribution < -0.4 is 10.2 Å². The first kappa shape index (κ1) is 14.6. The number of halogens is 1.